The van der Waals surface area contributed by atoms with Crippen LogP contribution < -0.4 is 0 Å². The van der Waals surface area contributed by atoms with E-state index in [1.54, 1.807) is 7.05 Å². The van der Waals surface area contributed by atoms with E-state index in [0.717, 1.165) is 22.9 Å². The number of amides is 1. The van der Waals surface area contributed by atoms with E-state index in [0.29, 0.717) is 6.54 Å². The number of rotatable bonds is 4. The summed E-state index contributed by atoms with van der Waals surface area (Å²) in [7, 11) is -1.73. The molecule has 1 heterocycles. The van der Waals surface area contributed by atoms with Gasteiger partial charge in [-0.05, 0) is 12.1 Å². The molecule has 0 radical (unpaired) electrons. The van der Waals surface area contributed by atoms with Gasteiger partial charge in [0.2, 0.25) is 5.91 Å². The topological polar surface area (TPSA) is 67.3 Å². The fourth-order valence-electron chi connectivity index (χ4n) is 1.86. The van der Waals surface area contributed by atoms with Gasteiger partial charge >= 0.3 is 0 Å². The van der Waals surface area contributed by atoms with Crippen LogP contribution in [0, 0.1) is 0 Å². The van der Waals surface area contributed by atoms with E-state index in [2.05, 4.69) is 4.98 Å². The number of pyridine rings is 1. The van der Waals surface area contributed by atoms with E-state index >= 15 is 0 Å². The number of hydrogen-bond donors (Lipinski definition) is 0. The maximum absolute atomic E-state index is 11.7. The number of aromatic nitrogens is 1. The predicted molar refractivity (Wildman–Crippen MR) is 77.9 cm³/mol. The average molecular weight is 292 g/mol. The molecule has 1 amide bonds. The van der Waals surface area contributed by atoms with Crippen molar-refractivity contribution in [2.75, 3.05) is 19.1 Å². The molecule has 2 aromatic rings. The third-order valence-corrected chi connectivity index (χ3v) is 3.64. The Morgan fingerprint density at radius 1 is 1.20 bits per heavy atom. The molecule has 0 atom stereocenters. The second-order valence-corrected chi connectivity index (χ2v) is 6.96. The molecule has 20 heavy (non-hydrogen) atoms. The number of sulfone groups is 1. The molecule has 0 spiro atoms. The maximum atomic E-state index is 11.7. The Kier molecular flexibility index (Phi) is 4.04. The van der Waals surface area contributed by atoms with Gasteiger partial charge in [-0.25, -0.2) is 8.42 Å². The number of hydrogen-bond acceptors (Lipinski definition) is 4. The van der Waals surface area contributed by atoms with Crippen LogP contribution in [0.3, 0.4) is 0 Å². The summed E-state index contributed by atoms with van der Waals surface area (Å²) in [6.07, 6.45) is 1.05. The Morgan fingerprint density at radius 3 is 2.60 bits per heavy atom. The molecule has 0 aliphatic rings. The molecule has 0 saturated carbocycles. The Bertz CT molecular complexity index is 741. The molecule has 2 rings (SSSR count). The highest BCUT2D eigenvalue weighted by Gasteiger charge is 2.15. The summed E-state index contributed by atoms with van der Waals surface area (Å²) in [4.78, 5) is 17.6. The van der Waals surface area contributed by atoms with Crippen molar-refractivity contribution >= 4 is 26.6 Å². The highest BCUT2D eigenvalue weighted by molar-refractivity contribution is 7.91. The van der Waals surface area contributed by atoms with Gasteiger partial charge in [-0.15, -0.1) is 0 Å². The van der Waals surface area contributed by atoms with E-state index in [-0.39, 0.29) is 0 Å². The van der Waals surface area contributed by atoms with Crippen molar-refractivity contribution in [1.82, 2.24) is 9.88 Å². The van der Waals surface area contributed by atoms with Gasteiger partial charge in [0.15, 0.2) is 9.84 Å². The molecule has 0 saturated heterocycles. The first-order valence-corrected chi connectivity index (χ1v) is 8.17. The number of carbonyl (C=O) groups excluding carboxylic acids is 1. The van der Waals surface area contributed by atoms with Crippen molar-refractivity contribution in [3.8, 4) is 0 Å². The van der Waals surface area contributed by atoms with Gasteiger partial charge < -0.3 is 4.90 Å². The molecule has 6 heteroatoms. The molecule has 0 N–H and O–H groups in total. The van der Waals surface area contributed by atoms with E-state index < -0.39 is 21.5 Å². The lowest BCUT2D eigenvalue weighted by atomic mass is 10.2. The van der Waals surface area contributed by atoms with Crippen LogP contribution in [-0.4, -0.2) is 43.3 Å². The van der Waals surface area contributed by atoms with Gasteiger partial charge in [0.05, 0.1) is 17.8 Å². The second-order valence-electron chi connectivity index (χ2n) is 4.82. The van der Waals surface area contributed by atoms with Crippen molar-refractivity contribution < 1.29 is 13.2 Å². The van der Waals surface area contributed by atoms with E-state index in [1.165, 1.54) is 4.90 Å². The normalized spacial score (nSPS) is 11.5. The summed E-state index contributed by atoms with van der Waals surface area (Å²) in [6.45, 7) is 0.291. The summed E-state index contributed by atoms with van der Waals surface area (Å²) < 4.78 is 22.2. The fraction of sp³-hybridized carbons (Fsp3) is 0.286. The lowest BCUT2D eigenvalue weighted by Crippen LogP contribution is -2.32. The van der Waals surface area contributed by atoms with Gasteiger partial charge in [-0.3, -0.25) is 9.78 Å². The Labute approximate surface area is 118 Å². The van der Waals surface area contributed by atoms with Crippen LogP contribution in [0.4, 0.5) is 0 Å². The fourth-order valence-corrected chi connectivity index (χ4v) is 2.53. The highest BCUT2D eigenvalue weighted by atomic mass is 32.2. The summed E-state index contributed by atoms with van der Waals surface area (Å²) in [5.74, 6) is -0.903. The first-order valence-electron chi connectivity index (χ1n) is 6.11. The summed E-state index contributed by atoms with van der Waals surface area (Å²) in [5.41, 5.74) is 1.59. The van der Waals surface area contributed by atoms with Gasteiger partial charge in [0.1, 0.15) is 5.75 Å². The summed E-state index contributed by atoms with van der Waals surface area (Å²) in [6, 6.07) is 11.5. The van der Waals surface area contributed by atoms with Crippen molar-refractivity contribution in [1.29, 1.82) is 0 Å². The number of para-hydroxylation sites is 1. The molecule has 106 valence electrons. The molecule has 0 unspecified atom stereocenters. The molecule has 5 nitrogen and oxygen atoms in total. The third kappa shape index (κ3) is 3.77. The Hall–Kier alpha value is -1.95. The van der Waals surface area contributed by atoms with Crippen LogP contribution in [0.5, 0.6) is 0 Å². The number of benzene rings is 1. The van der Waals surface area contributed by atoms with Gasteiger partial charge in [0.25, 0.3) is 0 Å². The van der Waals surface area contributed by atoms with Crippen molar-refractivity contribution in [2.24, 2.45) is 0 Å². The van der Waals surface area contributed by atoms with Crippen LogP contribution in [0.2, 0.25) is 0 Å². The Morgan fingerprint density at radius 2 is 1.90 bits per heavy atom. The van der Waals surface area contributed by atoms with E-state index in [4.69, 9.17) is 0 Å². The minimum Gasteiger partial charge on any atom is -0.339 e. The molecule has 1 aromatic carbocycles. The lowest BCUT2D eigenvalue weighted by Gasteiger charge is -2.16. The maximum Gasteiger partial charge on any atom is 0.237 e. The molecule has 0 fully saturated rings. The largest absolute Gasteiger partial charge is 0.339 e. The molecular weight excluding hydrogens is 276 g/mol. The zero-order valence-electron chi connectivity index (χ0n) is 11.4. The van der Waals surface area contributed by atoms with Crippen LogP contribution in [0.1, 0.15) is 5.69 Å². The van der Waals surface area contributed by atoms with Gasteiger partial charge in [-0.1, -0.05) is 24.3 Å². The molecule has 0 aliphatic heterocycles. The molecule has 1 aromatic heterocycles. The Balaban J connectivity index is 2.13. The SMILES string of the molecule is CN(Cc1ccc2ccccc2n1)C(=O)CS(C)(=O)=O. The van der Waals surface area contributed by atoms with E-state index in [9.17, 15) is 13.2 Å². The standard InChI is InChI=1S/C14H16N2O3S/c1-16(14(17)10-20(2,18)19)9-12-8-7-11-5-3-4-6-13(11)15-12/h3-8H,9-10H2,1-2H3. The van der Waals surface area contributed by atoms with Crippen molar-refractivity contribution in [3.63, 3.8) is 0 Å². The number of fused-ring (bicyclic) bond motifs is 1. The van der Waals surface area contributed by atoms with Gasteiger partial charge in [0, 0.05) is 18.7 Å². The first kappa shape index (κ1) is 14.5. The summed E-state index contributed by atoms with van der Waals surface area (Å²) >= 11 is 0. The van der Waals surface area contributed by atoms with Gasteiger partial charge in [-0.2, -0.15) is 0 Å². The molecular formula is C14H16N2O3S. The monoisotopic (exact) mass is 292 g/mol. The smallest absolute Gasteiger partial charge is 0.237 e. The van der Waals surface area contributed by atoms with Crippen LogP contribution in [-0.2, 0) is 21.2 Å². The van der Waals surface area contributed by atoms with Crippen molar-refractivity contribution in [3.05, 3.63) is 42.1 Å². The zero-order valence-corrected chi connectivity index (χ0v) is 12.2. The lowest BCUT2D eigenvalue weighted by molar-refractivity contribution is -0.127. The minimum absolute atomic E-state index is 0.291. The second kappa shape index (κ2) is 5.58. The zero-order chi connectivity index (χ0) is 14.8. The average Bonchev–Trinajstić information content (AvgIpc) is 2.36. The molecule has 0 aliphatic carbocycles. The first-order chi connectivity index (χ1) is 9.35. The number of carbonyl (C=O) groups is 1. The summed E-state index contributed by atoms with van der Waals surface area (Å²) in [5, 5.41) is 1.03. The number of nitrogens with zero attached hydrogens (tertiary/aromatic N) is 2. The quantitative estimate of drug-likeness (QED) is 0.850. The third-order valence-electron chi connectivity index (χ3n) is 2.87. The predicted octanol–water partition coefficient (Wildman–Crippen LogP) is 1.24. The van der Waals surface area contributed by atoms with Crippen molar-refractivity contribution in [2.45, 2.75) is 6.54 Å². The molecule has 0 bridgehead atoms. The van der Waals surface area contributed by atoms with Crippen LogP contribution >= 0.6 is 0 Å². The highest BCUT2D eigenvalue weighted by Crippen LogP contribution is 2.12. The van der Waals surface area contributed by atoms with Crippen LogP contribution in [0.15, 0.2) is 36.4 Å². The minimum atomic E-state index is -3.31. The van der Waals surface area contributed by atoms with E-state index in [1.807, 2.05) is 36.4 Å². The van der Waals surface area contributed by atoms with Crippen LogP contribution in [0.25, 0.3) is 10.9 Å².